The Kier molecular flexibility index (Phi) is 4.84. The molecule has 0 aliphatic carbocycles. The molecule has 0 saturated heterocycles. The standard InChI is InChI=1S/C18H20N2O4/c1-3-22-18-14(5-4-8-19-18)17(21)20-12(2)13-6-7-15-16(11-13)24-10-9-23-15/h4-8,11-12H,3,9-10H2,1-2H3,(H,20,21). The van der Waals surface area contributed by atoms with E-state index in [0.29, 0.717) is 37.0 Å². The van der Waals surface area contributed by atoms with Gasteiger partial charge < -0.3 is 19.5 Å². The van der Waals surface area contributed by atoms with Crippen LogP contribution in [0.25, 0.3) is 0 Å². The molecule has 1 N–H and O–H groups in total. The molecule has 1 aliphatic heterocycles. The van der Waals surface area contributed by atoms with Gasteiger partial charge in [0.05, 0.1) is 12.6 Å². The van der Waals surface area contributed by atoms with Crippen LogP contribution in [0.2, 0.25) is 0 Å². The van der Waals surface area contributed by atoms with Crippen molar-refractivity contribution in [3.8, 4) is 17.4 Å². The number of carbonyl (C=O) groups excluding carboxylic acids is 1. The number of nitrogens with zero attached hydrogens (tertiary/aromatic N) is 1. The van der Waals surface area contributed by atoms with E-state index in [1.165, 1.54) is 0 Å². The first-order valence-corrected chi connectivity index (χ1v) is 7.97. The van der Waals surface area contributed by atoms with Crippen LogP contribution in [0.5, 0.6) is 17.4 Å². The minimum Gasteiger partial charge on any atom is -0.486 e. The van der Waals surface area contributed by atoms with E-state index < -0.39 is 0 Å². The molecule has 6 heteroatoms. The van der Waals surface area contributed by atoms with E-state index in [9.17, 15) is 4.79 Å². The van der Waals surface area contributed by atoms with Crippen LogP contribution in [0, 0.1) is 0 Å². The number of hydrogen-bond acceptors (Lipinski definition) is 5. The molecular weight excluding hydrogens is 308 g/mol. The molecule has 6 nitrogen and oxygen atoms in total. The topological polar surface area (TPSA) is 69.7 Å². The average Bonchev–Trinajstić information content (AvgIpc) is 2.62. The summed E-state index contributed by atoms with van der Waals surface area (Å²) in [6.45, 7) is 5.31. The van der Waals surface area contributed by atoms with Gasteiger partial charge in [0.25, 0.3) is 5.91 Å². The number of nitrogens with one attached hydrogen (secondary N) is 1. The van der Waals surface area contributed by atoms with Crippen molar-refractivity contribution in [2.45, 2.75) is 19.9 Å². The summed E-state index contributed by atoms with van der Waals surface area (Å²) in [5, 5.41) is 2.96. The summed E-state index contributed by atoms with van der Waals surface area (Å²) in [5.41, 5.74) is 1.36. The van der Waals surface area contributed by atoms with Crippen LogP contribution in [0.4, 0.5) is 0 Å². The quantitative estimate of drug-likeness (QED) is 0.914. The number of carbonyl (C=O) groups is 1. The van der Waals surface area contributed by atoms with E-state index in [4.69, 9.17) is 14.2 Å². The largest absolute Gasteiger partial charge is 0.486 e. The van der Waals surface area contributed by atoms with E-state index in [0.717, 1.165) is 11.3 Å². The molecule has 24 heavy (non-hydrogen) atoms. The zero-order valence-corrected chi connectivity index (χ0v) is 13.7. The van der Waals surface area contributed by atoms with Crippen molar-refractivity contribution in [2.24, 2.45) is 0 Å². The first kappa shape index (κ1) is 16.1. The van der Waals surface area contributed by atoms with Crippen molar-refractivity contribution in [1.82, 2.24) is 10.3 Å². The Hall–Kier alpha value is -2.76. The van der Waals surface area contributed by atoms with E-state index in [1.807, 2.05) is 32.0 Å². The molecule has 3 rings (SSSR count). The lowest BCUT2D eigenvalue weighted by Crippen LogP contribution is -2.27. The molecular formula is C18H20N2O4. The Labute approximate surface area is 140 Å². The van der Waals surface area contributed by atoms with Crippen molar-refractivity contribution >= 4 is 5.91 Å². The van der Waals surface area contributed by atoms with Gasteiger partial charge in [-0.3, -0.25) is 4.79 Å². The van der Waals surface area contributed by atoms with Crippen LogP contribution in [0.1, 0.15) is 35.8 Å². The third kappa shape index (κ3) is 3.42. The molecule has 0 bridgehead atoms. The first-order valence-electron chi connectivity index (χ1n) is 7.97. The molecule has 0 spiro atoms. The summed E-state index contributed by atoms with van der Waals surface area (Å²) < 4.78 is 16.5. The summed E-state index contributed by atoms with van der Waals surface area (Å²) in [5.74, 6) is 1.55. The highest BCUT2D eigenvalue weighted by atomic mass is 16.6. The van der Waals surface area contributed by atoms with E-state index in [1.54, 1.807) is 18.3 Å². The normalized spacial score (nSPS) is 13.9. The molecule has 2 heterocycles. The maximum absolute atomic E-state index is 12.5. The third-order valence-corrected chi connectivity index (χ3v) is 3.71. The summed E-state index contributed by atoms with van der Waals surface area (Å²) >= 11 is 0. The highest BCUT2D eigenvalue weighted by Crippen LogP contribution is 2.32. The van der Waals surface area contributed by atoms with Crippen LogP contribution < -0.4 is 19.5 Å². The molecule has 1 amide bonds. The lowest BCUT2D eigenvalue weighted by molar-refractivity contribution is 0.0935. The number of aromatic nitrogens is 1. The summed E-state index contributed by atoms with van der Waals surface area (Å²) in [7, 11) is 0. The maximum atomic E-state index is 12.5. The third-order valence-electron chi connectivity index (χ3n) is 3.71. The lowest BCUT2D eigenvalue weighted by atomic mass is 10.1. The zero-order chi connectivity index (χ0) is 16.9. The van der Waals surface area contributed by atoms with Crippen molar-refractivity contribution in [3.63, 3.8) is 0 Å². The smallest absolute Gasteiger partial charge is 0.257 e. The average molecular weight is 328 g/mol. The van der Waals surface area contributed by atoms with Gasteiger partial charge in [0, 0.05) is 6.20 Å². The fourth-order valence-corrected chi connectivity index (χ4v) is 2.50. The Balaban J connectivity index is 1.75. The molecule has 2 aromatic rings. The number of rotatable bonds is 5. The lowest BCUT2D eigenvalue weighted by Gasteiger charge is -2.21. The van der Waals surface area contributed by atoms with Gasteiger partial charge in [-0.05, 0) is 43.7 Å². The molecule has 0 radical (unpaired) electrons. The van der Waals surface area contributed by atoms with E-state index in [-0.39, 0.29) is 11.9 Å². The van der Waals surface area contributed by atoms with E-state index >= 15 is 0 Å². The van der Waals surface area contributed by atoms with Gasteiger partial charge in [0.15, 0.2) is 11.5 Å². The maximum Gasteiger partial charge on any atom is 0.257 e. The Morgan fingerprint density at radius 2 is 2.08 bits per heavy atom. The molecule has 1 aromatic carbocycles. The Morgan fingerprint density at radius 1 is 1.29 bits per heavy atom. The van der Waals surface area contributed by atoms with Gasteiger partial charge in [-0.15, -0.1) is 0 Å². The highest BCUT2D eigenvalue weighted by Gasteiger charge is 2.18. The van der Waals surface area contributed by atoms with Crippen LogP contribution in [-0.4, -0.2) is 30.7 Å². The number of pyridine rings is 1. The van der Waals surface area contributed by atoms with Crippen molar-refractivity contribution < 1.29 is 19.0 Å². The predicted molar refractivity (Wildman–Crippen MR) is 88.7 cm³/mol. The summed E-state index contributed by atoms with van der Waals surface area (Å²) in [4.78, 5) is 16.6. The molecule has 1 aromatic heterocycles. The van der Waals surface area contributed by atoms with Gasteiger partial charge in [-0.1, -0.05) is 6.07 Å². The Morgan fingerprint density at radius 3 is 2.88 bits per heavy atom. The second kappa shape index (κ2) is 7.21. The summed E-state index contributed by atoms with van der Waals surface area (Å²) in [6.07, 6.45) is 1.60. The van der Waals surface area contributed by atoms with Gasteiger partial charge in [0.1, 0.15) is 18.8 Å². The zero-order valence-electron chi connectivity index (χ0n) is 13.7. The van der Waals surface area contributed by atoms with Crippen LogP contribution in [0.3, 0.4) is 0 Å². The van der Waals surface area contributed by atoms with Gasteiger partial charge in [-0.2, -0.15) is 0 Å². The molecule has 0 fully saturated rings. The van der Waals surface area contributed by atoms with Crippen molar-refractivity contribution in [1.29, 1.82) is 0 Å². The summed E-state index contributed by atoms with van der Waals surface area (Å²) in [6, 6.07) is 8.90. The monoisotopic (exact) mass is 328 g/mol. The molecule has 0 saturated carbocycles. The van der Waals surface area contributed by atoms with Gasteiger partial charge >= 0.3 is 0 Å². The minimum absolute atomic E-state index is 0.192. The van der Waals surface area contributed by atoms with Crippen LogP contribution >= 0.6 is 0 Å². The van der Waals surface area contributed by atoms with E-state index in [2.05, 4.69) is 10.3 Å². The first-order chi connectivity index (χ1) is 11.7. The minimum atomic E-state index is -0.228. The Bertz CT molecular complexity index is 733. The number of fused-ring (bicyclic) bond motifs is 1. The number of ether oxygens (including phenoxy) is 3. The second-order valence-electron chi connectivity index (χ2n) is 5.39. The molecule has 1 unspecified atom stereocenters. The molecule has 1 atom stereocenters. The fourth-order valence-electron chi connectivity index (χ4n) is 2.50. The number of benzene rings is 1. The van der Waals surface area contributed by atoms with Crippen molar-refractivity contribution in [2.75, 3.05) is 19.8 Å². The van der Waals surface area contributed by atoms with Gasteiger partial charge in [0.2, 0.25) is 5.88 Å². The molecule has 1 aliphatic rings. The predicted octanol–water partition coefficient (Wildman–Crippen LogP) is 2.74. The molecule has 126 valence electrons. The number of amides is 1. The highest BCUT2D eigenvalue weighted by molar-refractivity contribution is 5.96. The van der Waals surface area contributed by atoms with Crippen LogP contribution in [-0.2, 0) is 0 Å². The van der Waals surface area contributed by atoms with Crippen molar-refractivity contribution in [3.05, 3.63) is 47.7 Å². The number of hydrogen-bond donors (Lipinski definition) is 1. The van der Waals surface area contributed by atoms with Gasteiger partial charge in [-0.25, -0.2) is 4.98 Å². The second-order valence-corrected chi connectivity index (χ2v) is 5.39. The fraction of sp³-hybridized carbons (Fsp3) is 0.333. The SMILES string of the molecule is CCOc1ncccc1C(=O)NC(C)c1ccc2c(c1)OCCO2. The van der Waals surface area contributed by atoms with Crippen LogP contribution in [0.15, 0.2) is 36.5 Å².